The number of nitrogens with zero attached hydrogens (tertiary/aromatic N) is 4. The minimum atomic E-state index is -0.283. The quantitative estimate of drug-likeness (QED) is 0.694. The zero-order valence-corrected chi connectivity index (χ0v) is 17.3. The molecule has 1 aliphatic heterocycles. The molecule has 1 fully saturated rings. The third kappa shape index (κ3) is 4.93. The van der Waals surface area contributed by atoms with E-state index in [1.165, 1.54) is 0 Å². The Morgan fingerprint density at radius 3 is 2.23 bits per heavy atom. The first-order chi connectivity index (χ1) is 14.6. The lowest BCUT2D eigenvalue weighted by atomic mass is 10.1. The largest absolute Gasteiger partial charge is 0.353 e. The number of carbonyl (C=O) groups excluding carboxylic acids is 1. The van der Waals surface area contributed by atoms with Gasteiger partial charge in [0, 0.05) is 43.1 Å². The van der Waals surface area contributed by atoms with Gasteiger partial charge in [0.1, 0.15) is 0 Å². The highest BCUT2D eigenvalue weighted by Crippen LogP contribution is 2.22. The van der Waals surface area contributed by atoms with E-state index in [-0.39, 0.29) is 6.03 Å². The monoisotopic (exact) mass is 402 g/mol. The summed E-state index contributed by atoms with van der Waals surface area (Å²) in [6.07, 6.45) is 0. The number of aromatic nitrogens is 2. The van der Waals surface area contributed by atoms with Crippen molar-refractivity contribution in [2.45, 2.75) is 6.92 Å². The number of hydrogen-bond acceptors (Lipinski definition) is 5. The van der Waals surface area contributed by atoms with Gasteiger partial charge in [0.2, 0.25) is 0 Å². The number of benzene rings is 2. The van der Waals surface area contributed by atoms with Crippen LogP contribution in [0.25, 0.3) is 11.3 Å². The van der Waals surface area contributed by atoms with Crippen LogP contribution in [0.15, 0.2) is 60.7 Å². The average molecular weight is 403 g/mol. The van der Waals surface area contributed by atoms with E-state index in [0.29, 0.717) is 5.69 Å². The van der Waals surface area contributed by atoms with Crippen LogP contribution in [0.4, 0.5) is 22.0 Å². The molecule has 7 nitrogen and oxygen atoms in total. The second-order valence-corrected chi connectivity index (χ2v) is 7.60. The molecule has 0 saturated carbocycles. The van der Waals surface area contributed by atoms with Crippen molar-refractivity contribution < 1.29 is 4.79 Å². The Morgan fingerprint density at radius 2 is 1.57 bits per heavy atom. The van der Waals surface area contributed by atoms with Gasteiger partial charge < -0.3 is 20.4 Å². The fourth-order valence-electron chi connectivity index (χ4n) is 3.46. The van der Waals surface area contributed by atoms with Gasteiger partial charge in [-0.25, -0.2) is 4.79 Å². The molecule has 0 radical (unpaired) electrons. The van der Waals surface area contributed by atoms with Crippen molar-refractivity contribution in [3.8, 4) is 11.3 Å². The summed E-state index contributed by atoms with van der Waals surface area (Å²) < 4.78 is 0. The van der Waals surface area contributed by atoms with Gasteiger partial charge in [-0.3, -0.25) is 0 Å². The summed E-state index contributed by atoms with van der Waals surface area (Å²) in [4.78, 5) is 16.9. The zero-order chi connectivity index (χ0) is 20.9. The summed E-state index contributed by atoms with van der Waals surface area (Å²) >= 11 is 0. The number of amides is 2. The molecule has 0 unspecified atom stereocenters. The molecular formula is C23H26N6O. The van der Waals surface area contributed by atoms with E-state index in [1.54, 1.807) is 0 Å². The summed E-state index contributed by atoms with van der Waals surface area (Å²) in [5.74, 6) is 0.902. The maximum Gasteiger partial charge on any atom is 0.323 e. The van der Waals surface area contributed by atoms with Gasteiger partial charge in [0.05, 0.1) is 5.69 Å². The minimum absolute atomic E-state index is 0.283. The van der Waals surface area contributed by atoms with Crippen molar-refractivity contribution in [1.82, 2.24) is 15.1 Å². The lowest BCUT2D eigenvalue weighted by Crippen LogP contribution is -2.44. The van der Waals surface area contributed by atoms with Crippen molar-refractivity contribution in [2.24, 2.45) is 0 Å². The Hall–Kier alpha value is -3.45. The molecule has 30 heavy (non-hydrogen) atoms. The predicted molar refractivity (Wildman–Crippen MR) is 121 cm³/mol. The number of likely N-dealkylation sites (N-methyl/N-ethyl adjacent to an activating group) is 1. The molecule has 7 heteroatoms. The van der Waals surface area contributed by atoms with Crippen LogP contribution in [-0.2, 0) is 0 Å². The van der Waals surface area contributed by atoms with E-state index in [2.05, 4.69) is 37.7 Å². The van der Waals surface area contributed by atoms with Crippen LogP contribution < -0.4 is 15.5 Å². The maximum absolute atomic E-state index is 12.3. The van der Waals surface area contributed by atoms with E-state index >= 15 is 0 Å². The van der Waals surface area contributed by atoms with Crippen LogP contribution in [0.5, 0.6) is 0 Å². The molecule has 154 valence electrons. The second kappa shape index (κ2) is 8.92. The lowest BCUT2D eigenvalue weighted by molar-refractivity contribution is 0.262. The molecule has 0 bridgehead atoms. The minimum Gasteiger partial charge on any atom is -0.353 e. The van der Waals surface area contributed by atoms with Gasteiger partial charge in [-0.2, -0.15) is 0 Å². The lowest BCUT2D eigenvalue weighted by Gasteiger charge is -2.32. The molecule has 1 aromatic heterocycles. The van der Waals surface area contributed by atoms with Crippen LogP contribution >= 0.6 is 0 Å². The van der Waals surface area contributed by atoms with Crippen LogP contribution in [0, 0.1) is 6.92 Å². The standard InChI is InChI=1S/C23H26N6O/c1-17-5-3-7-19(15-17)24-23(30)25-20-8-4-6-18(16-20)21-9-10-22(27-26-21)29-13-11-28(2)12-14-29/h3-10,15-16H,11-14H2,1-2H3,(H2,24,25,30). The fraction of sp³-hybridized carbons (Fsp3) is 0.261. The van der Waals surface area contributed by atoms with E-state index < -0.39 is 0 Å². The highest BCUT2D eigenvalue weighted by atomic mass is 16.2. The van der Waals surface area contributed by atoms with Gasteiger partial charge in [-0.1, -0.05) is 24.3 Å². The SMILES string of the molecule is Cc1cccc(NC(=O)Nc2cccc(-c3ccc(N4CCN(C)CC4)nn3)c2)c1. The Morgan fingerprint density at radius 1 is 0.867 bits per heavy atom. The van der Waals surface area contributed by atoms with E-state index in [1.807, 2.05) is 67.6 Å². The molecule has 2 heterocycles. The second-order valence-electron chi connectivity index (χ2n) is 7.60. The van der Waals surface area contributed by atoms with Gasteiger partial charge in [-0.05, 0) is 55.9 Å². The normalized spacial score (nSPS) is 14.4. The van der Waals surface area contributed by atoms with Gasteiger partial charge >= 0.3 is 6.03 Å². The highest BCUT2D eigenvalue weighted by molar-refractivity contribution is 6.00. The molecule has 3 aromatic rings. The van der Waals surface area contributed by atoms with Crippen molar-refractivity contribution in [3.05, 3.63) is 66.2 Å². The Kier molecular flexibility index (Phi) is 5.90. The first-order valence-corrected chi connectivity index (χ1v) is 10.1. The van der Waals surface area contributed by atoms with Gasteiger partial charge in [0.25, 0.3) is 0 Å². The van der Waals surface area contributed by atoms with Gasteiger partial charge in [0.15, 0.2) is 5.82 Å². The molecule has 0 spiro atoms. The third-order valence-corrected chi connectivity index (χ3v) is 5.17. The van der Waals surface area contributed by atoms with Crippen molar-refractivity contribution >= 4 is 23.2 Å². The Bertz CT molecular complexity index is 1010. The predicted octanol–water partition coefficient (Wildman–Crippen LogP) is 3.85. The number of rotatable bonds is 4. The number of anilines is 3. The van der Waals surface area contributed by atoms with E-state index in [9.17, 15) is 4.79 Å². The first kappa shape index (κ1) is 19.8. The molecule has 0 atom stereocenters. The van der Waals surface area contributed by atoms with E-state index in [4.69, 9.17) is 0 Å². The average Bonchev–Trinajstić information content (AvgIpc) is 2.74. The fourth-order valence-corrected chi connectivity index (χ4v) is 3.46. The molecule has 2 aromatic carbocycles. The Balaban J connectivity index is 1.42. The van der Waals surface area contributed by atoms with Crippen LogP contribution in [-0.4, -0.2) is 54.4 Å². The van der Waals surface area contributed by atoms with Crippen molar-refractivity contribution in [1.29, 1.82) is 0 Å². The summed E-state index contributed by atoms with van der Waals surface area (Å²) in [6.45, 7) is 5.96. The Labute approximate surface area is 176 Å². The number of nitrogens with one attached hydrogen (secondary N) is 2. The summed E-state index contributed by atoms with van der Waals surface area (Å²) in [5, 5.41) is 14.5. The summed E-state index contributed by atoms with van der Waals surface area (Å²) in [6, 6.07) is 19.0. The number of urea groups is 1. The molecule has 1 saturated heterocycles. The molecule has 1 aliphatic rings. The molecular weight excluding hydrogens is 376 g/mol. The van der Waals surface area contributed by atoms with E-state index in [0.717, 1.165) is 54.5 Å². The van der Waals surface area contributed by atoms with Crippen molar-refractivity contribution in [2.75, 3.05) is 48.8 Å². The molecule has 4 rings (SSSR count). The summed E-state index contributed by atoms with van der Waals surface area (Å²) in [5.41, 5.74) is 4.22. The first-order valence-electron chi connectivity index (χ1n) is 10.1. The smallest absolute Gasteiger partial charge is 0.323 e. The van der Waals surface area contributed by atoms with Crippen LogP contribution in [0.3, 0.4) is 0 Å². The van der Waals surface area contributed by atoms with Crippen LogP contribution in [0.1, 0.15) is 5.56 Å². The number of hydrogen-bond donors (Lipinski definition) is 2. The topological polar surface area (TPSA) is 73.4 Å². The molecule has 0 aliphatic carbocycles. The third-order valence-electron chi connectivity index (χ3n) is 5.17. The maximum atomic E-state index is 12.3. The molecule has 2 N–H and O–H groups in total. The molecule has 2 amide bonds. The van der Waals surface area contributed by atoms with Crippen molar-refractivity contribution in [3.63, 3.8) is 0 Å². The summed E-state index contributed by atoms with van der Waals surface area (Å²) in [7, 11) is 2.13. The number of piperazine rings is 1. The number of aryl methyl sites for hydroxylation is 1. The number of carbonyl (C=O) groups is 1. The van der Waals surface area contributed by atoms with Gasteiger partial charge in [-0.15, -0.1) is 10.2 Å². The van der Waals surface area contributed by atoms with Crippen LogP contribution in [0.2, 0.25) is 0 Å². The zero-order valence-electron chi connectivity index (χ0n) is 17.3. The highest BCUT2D eigenvalue weighted by Gasteiger charge is 2.15.